The van der Waals surface area contributed by atoms with Crippen molar-refractivity contribution in [2.75, 3.05) is 6.61 Å². The molecule has 1 amide bonds. The highest BCUT2D eigenvalue weighted by molar-refractivity contribution is 5.93. The molecule has 5 rings (SSSR count). The van der Waals surface area contributed by atoms with Gasteiger partial charge in [0.15, 0.2) is 17.3 Å². The van der Waals surface area contributed by atoms with Gasteiger partial charge in [-0.25, -0.2) is 10.2 Å². The van der Waals surface area contributed by atoms with Crippen LogP contribution in [0.2, 0.25) is 0 Å². The summed E-state index contributed by atoms with van der Waals surface area (Å²) in [5.74, 6) is 0.947. The van der Waals surface area contributed by atoms with E-state index in [4.69, 9.17) is 18.6 Å². The third-order valence-electron chi connectivity index (χ3n) is 6.77. The van der Waals surface area contributed by atoms with Gasteiger partial charge < -0.3 is 23.2 Å². The zero-order valence-electron chi connectivity index (χ0n) is 25.0. The molecule has 0 atom stereocenters. The molecule has 0 bridgehead atoms. The van der Waals surface area contributed by atoms with Crippen LogP contribution in [0.3, 0.4) is 0 Å². The Bertz CT molecular complexity index is 1760. The van der Waals surface area contributed by atoms with Gasteiger partial charge in [-0.3, -0.25) is 4.79 Å². The van der Waals surface area contributed by atoms with Gasteiger partial charge in [-0.05, 0) is 112 Å². The van der Waals surface area contributed by atoms with E-state index in [9.17, 15) is 9.59 Å². The van der Waals surface area contributed by atoms with Crippen molar-refractivity contribution in [2.24, 2.45) is 5.10 Å². The SMILES string of the molecule is CCOc1cc(/C=N/NC(=O)c2ccc(COc3ccc(-n4c(C)ccc4C)cc3)o2)ccc1OC(=O)c1ccc(C)cc1. The molecule has 9 nitrogen and oxygen atoms in total. The molecule has 0 saturated carbocycles. The molecule has 0 radical (unpaired) electrons. The number of aryl methyl sites for hydroxylation is 3. The summed E-state index contributed by atoms with van der Waals surface area (Å²) in [6, 6.07) is 27.3. The molecule has 44 heavy (non-hydrogen) atoms. The Morgan fingerprint density at radius 3 is 2.27 bits per heavy atom. The number of rotatable bonds is 11. The van der Waals surface area contributed by atoms with Crippen molar-refractivity contribution in [2.45, 2.75) is 34.3 Å². The van der Waals surface area contributed by atoms with Gasteiger partial charge in [0.1, 0.15) is 18.1 Å². The van der Waals surface area contributed by atoms with Crippen LogP contribution in [0.5, 0.6) is 17.2 Å². The molecular formula is C35H33N3O6. The monoisotopic (exact) mass is 591 g/mol. The normalized spacial score (nSPS) is 11.0. The Morgan fingerprint density at radius 1 is 0.841 bits per heavy atom. The number of carbonyl (C=O) groups excluding carboxylic acids is 2. The Balaban J connectivity index is 1.15. The van der Waals surface area contributed by atoms with Crippen molar-refractivity contribution < 1.29 is 28.2 Å². The van der Waals surface area contributed by atoms with E-state index < -0.39 is 11.9 Å². The summed E-state index contributed by atoms with van der Waals surface area (Å²) in [6.45, 7) is 8.44. The summed E-state index contributed by atoms with van der Waals surface area (Å²) in [6.07, 6.45) is 1.46. The minimum Gasteiger partial charge on any atom is -0.490 e. The van der Waals surface area contributed by atoms with Crippen LogP contribution >= 0.6 is 0 Å². The quantitative estimate of drug-likeness (QED) is 0.0771. The Morgan fingerprint density at radius 2 is 1.57 bits per heavy atom. The molecule has 2 aromatic heterocycles. The third-order valence-corrected chi connectivity index (χ3v) is 6.77. The van der Waals surface area contributed by atoms with E-state index in [0.717, 1.165) is 22.6 Å². The lowest BCUT2D eigenvalue weighted by molar-refractivity contribution is 0.0728. The second kappa shape index (κ2) is 13.6. The Hall–Kier alpha value is -5.57. The zero-order valence-corrected chi connectivity index (χ0v) is 25.0. The topological polar surface area (TPSA) is 104 Å². The number of nitrogens with zero attached hydrogens (tertiary/aromatic N) is 2. The number of hydrazone groups is 1. The van der Waals surface area contributed by atoms with E-state index in [1.807, 2.05) is 50.2 Å². The third kappa shape index (κ3) is 7.25. The first-order valence-corrected chi connectivity index (χ1v) is 14.2. The van der Waals surface area contributed by atoms with E-state index in [1.54, 1.807) is 42.5 Å². The number of ether oxygens (including phenoxy) is 3. The molecule has 3 aromatic carbocycles. The molecular weight excluding hydrogens is 558 g/mol. The van der Waals surface area contributed by atoms with E-state index in [1.165, 1.54) is 6.21 Å². The lowest BCUT2D eigenvalue weighted by Crippen LogP contribution is -2.16. The minimum absolute atomic E-state index is 0.100. The Labute approximate surface area is 255 Å². The van der Waals surface area contributed by atoms with Crippen LogP contribution in [-0.2, 0) is 6.61 Å². The second-order valence-electron chi connectivity index (χ2n) is 10.1. The van der Waals surface area contributed by atoms with E-state index in [-0.39, 0.29) is 18.1 Å². The van der Waals surface area contributed by atoms with Crippen LogP contribution in [0.25, 0.3) is 5.69 Å². The number of carbonyl (C=O) groups is 2. The lowest BCUT2D eigenvalue weighted by Gasteiger charge is -2.11. The first kappa shape index (κ1) is 29.9. The number of furan rings is 1. The number of nitrogens with one attached hydrogen (secondary N) is 1. The zero-order chi connectivity index (χ0) is 31.1. The van der Waals surface area contributed by atoms with E-state index in [2.05, 4.69) is 41.1 Å². The fourth-order valence-electron chi connectivity index (χ4n) is 4.53. The van der Waals surface area contributed by atoms with Crippen LogP contribution in [0.1, 0.15) is 56.1 Å². The average molecular weight is 592 g/mol. The fourth-order valence-corrected chi connectivity index (χ4v) is 4.53. The van der Waals surface area contributed by atoms with Crippen LogP contribution in [-0.4, -0.2) is 29.3 Å². The van der Waals surface area contributed by atoms with Crippen molar-refractivity contribution in [3.05, 3.63) is 131 Å². The highest BCUT2D eigenvalue weighted by atomic mass is 16.6. The highest BCUT2D eigenvalue weighted by Crippen LogP contribution is 2.29. The predicted molar refractivity (Wildman–Crippen MR) is 167 cm³/mol. The summed E-state index contributed by atoms with van der Waals surface area (Å²) in [5.41, 5.74) is 7.94. The van der Waals surface area contributed by atoms with Gasteiger partial charge in [0.2, 0.25) is 0 Å². The molecule has 0 aliphatic heterocycles. The van der Waals surface area contributed by atoms with E-state index in [0.29, 0.717) is 35.0 Å². The van der Waals surface area contributed by atoms with Gasteiger partial charge in [-0.2, -0.15) is 5.10 Å². The van der Waals surface area contributed by atoms with Gasteiger partial charge in [0.25, 0.3) is 0 Å². The molecule has 1 N–H and O–H groups in total. The molecule has 0 aliphatic carbocycles. The molecule has 0 spiro atoms. The van der Waals surface area contributed by atoms with Gasteiger partial charge in [0, 0.05) is 17.1 Å². The first-order valence-electron chi connectivity index (χ1n) is 14.2. The molecule has 9 heteroatoms. The van der Waals surface area contributed by atoms with Gasteiger partial charge in [-0.15, -0.1) is 0 Å². The van der Waals surface area contributed by atoms with Gasteiger partial charge >= 0.3 is 11.9 Å². The molecule has 0 saturated heterocycles. The molecule has 0 unspecified atom stereocenters. The smallest absolute Gasteiger partial charge is 0.343 e. The van der Waals surface area contributed by atoms with Crippen LogP contribution < -0.4 is 19.6 Å². The van der Waals surface area contributed by atoms with Crippen LogP contribution in [0.4, 0.5) is 0 Å². The molecule has 0 fully saturated rings. The number of aromatic nitrogens is 1. The summed E-state index contributed by atoms with van der Waals surface area (Å²) in [7, 11) is 0. The lowest BCUT2D eigenvalue weighted by atomic mass is 10.1. The fraction of sp³-hybridized carbons (Fsp3) is 0.171. The number of amides is 1. The molecule has 2 heterocycles. The highest BCUT2D eigenvalue weighted by Gasteiger charge is 2.14. The predicted octanol–water partition coefficient (Wildman–Crippen LogP) is 6.96. The standard InChI is InChI=1S/C35H33N3O6/c1-5-41-33-20-26(10-18-31(33)44-35(40)27-11-6-23(2)7-12-27)21-36-37-34(39)32-19-17-30(43-32)22-42-29-15-13-28(14-16-29)38-24(3)8-9-25(38)4/h6-21H,5,22H2,1-4H3,(H,37,39)/b36-21+. The summed E-state index contributed by atoms with van der Waals surface area (Å²) >= 11 is 0. The molecule has 5 aromatic rings. The van der Waals surface area contributed by atoms with Crippen molar-refractivity contribution in [3.63, 3.8) is 0 Å². The van der Waals surface area contributed by atoms with Crippen LogP contribution in [0, 0.1) is 20.8 Å². The first-order chi connectivity index (χ1) is 21.3. The maximum atomic E-state index is 12.6. The number of benzene rings is 3. The van der Waals surface area contributed by atoms with Crippen molar-refractivity contribution in [3.8, 4) is 22.9 Å². The average Bonchev–Trinajstić information content (AvgIpc) is 3.64. The Kier molecular flexibility index (Phi) is 9.25. The van der Waals surface area contributed by atoms with Gasteiger partial charge in [0.05, 0.1) is 18.4 Å². The second-order valence-corrected chi connectivity index (χ2v) is 10.1. The maximum absolute atomic E-state index is 12.6. The van der Waals surface area contributed by atoms with E-state index >= 15 is 0 Å². The minimum atomic E-state index is -0.511. The number of hydrogen-bond acceptors (Lipinski definition) is 7. The van der Waals surface area contributed by atoms with Crippen molar-refractivity contribution >= 4 is 18.1 Å². The summed E-state index contributed by atoms with van der Waals surface area (Å²) in [5, 5.41) is 4.03. The molecule has 224 valence electrons. The van der Waals surface area contributed by atoms with Crippen molar-refractivity contribution in [1.29, 1.82) is 0 Å². The number of hydrogen-bond donors (Lipinski definition) is 1. The summed E-state index contributed by atoms with van der Waals surface area (Å²) < 4.78 is 24.9. The number of esters is 1. The molecule has 0 aliphatic rings. The summed E-state index contributed by atoms with van der Waals surface area (Å²) in [4.78, 5) is 25.2. The van der Waals surface area contributed by atoms with Crippen molar-refractivity contribution in [1.82, 2.24) is 9.99 Å². The largest absolute Gasteiger partial charge is 0.490 e. The maximum Gasteiger partial charge on any atom is 0.343 e. The van der Waals surface area contributed by atoms with Crippen LogP contribution in [0.15, 0.2) is 101 Å². The van der Waals surface area contributed by atoms with Gasteiger partial charge in [-0.1, -0.05) is 17.7 Å².